The molecule has 1 aliphatic heterocycles. The summed E-state index contributed by atoms with van der Waals surface area (Å²) in [5.74, 6) is -1.64. The van der Waals surface area contributed by atoms with Gasteiger partial charge in [-0.15, -0.1) is 0 Å². The van der Waals surface area contributed by atoms with Crippen LogP contribution in [0.25, 0.3) is 11.1 Å². The number of nitrogens with zero attached hydrogens (tertiary/aromatic N) is 2. The number of ketones is 1. The molecule has 5 rings (SSSR count). The van der Waals surface area contributed by atoms with Gasteiger partial charge in [0.2, 0.25) is 0 Å². The summed E-state index contributed by atoms with van der Waals surface area (Å²) in [7, 11) is 0. The quantitative estimate of drug-likeness (QED) is 0.250. The molecular weight excluding hydrogens is 494 g/mol. The summed E-state index contributed by atoms with van der Waals surface area (Å²) in [6, 6.07) is 18.7. The van der Waals surface area contributed by atoms with Gasteiger partial charge in [0.05, 0.1) is 18.0 Å². The molecule has 1 aromatic heterocycles. The molecule has 0 bridgehead atoms. The predicted molar refractivity (Wildman–Crippen MR) is 149 cm³/mol. The van der Waals surface area contributed by atoms with Gasteiger partial charge in [-0.05, 0) is 77.9 Å². The lowest BCUT2D eigenvalue weighted by molar-refractivity contribution is -0.118. The number of rotatable bonds is 9. The maximum absolute atomic E-state index is 14.1. The van der Waals surface area contributed by atoms with Crippen molar-refractivity contribution >= 4 is 11.5 Å². The van der Waals surface area contributed by atoms with Crippen molar-refractivity contribution in [3.8, 4) is 16.9 Å². The van der Waals surface area contributed by atoms with Crippen LogP contribution in [0.3, 0.4) is 0 Å². The smallest absolute Gasteiger partial charge is 0.139 e. The lowest BCUT2D eigenvalue weighted by Crippen LogP contribution is -2.16. The topological polar surface area (TPSA) is 62.5 Å². The first-order valence-corrected chi connectivity index (χ1v) is 13.2. The predicted octanol–water partition coefficient (Wildman–Crippen LogP) is 7.28. The molecular formula is C33H30F2N2O2. The van der Waals surface area contributed by atoms with Crippen molar-refractivity contribution in [1.29, 1.82) is 0 Å². The number of hydrogen-bond donors (Lipinski definition) is 1. The zero-order chi connectivity index (χ0) is 27.5. The van der Waals surface area contributed by atoms with Crippen LogP contribution in [0.1, 0.15) is 59.2 Å². The van der Waals surface area contributed by atoms with E-state index in [-0.39, 0.29) is 30.8 Å². The van der Waals surface area contributed by atoms with Crippen LogP contribution in [0, 0.1) is 18.6 Å². The number of carbonyl (C=O) groups excluding carboxylic acids is 1. The Hall–Kier alpha value is -4.19. The minimum absolute atomic E-state index is 0.0542. The van der Waals surface area contributed by atoms with Crippen molar-refractivity contribution in [2.45, 2.75) is 52.0 Å². The molecule has 4 nitrogen and oxygen atoms in total. The van der Waals surface area contributed by atoms with Crippen molar-refractivity contribution in [1.82, 2.24) is 4.98 Å². The van der Waals surface area contributed by atoms with Gasteiger partial charge in [0, 0.05) is 42.1 Å². The number of aromatic hydroxyl groups is 1. The number of fused-ring (bicyclic) bond motifs is 1. The summed E-state index contributed by atoms with van der Waals surface area (Å²) in [6.45, 7) is 4.64. The summed E-state index contributed by atoms with van der Waals surface area (Å²) in [5, 5.41) is 9.94. The van der Waals surface area contributed by atoms with E-state index in [4.69, 9.17) is 4.98 Å². The van der Waals surface area contributed by atoms with Crippen LogP contribution in [0.5, 0.6) is 5.75 Å². The first-order chi connectivity index (χ1) is 18.8. The van der Waals surface area contributed by atoms with Crippen molar-refractivity contribution in [3.05, 3.63) is 118 Å². The molecule has 6 heteroatoms. The number of phenolic OH excluding ortho intramolecular Hbond substituents is 1. The van der Waals surface area contributed by atoms with E-state index in [1.807, 2.05) is 18.2 Å². The largest absolute Gasteiger partial charge is 0.508 e. The summed E-state index contributed by atoms with van der Waals surface area (Å²) < 4.78 is 28.2. The molecule has 4 aromatic rings. The fourth-order valence-electron chi connectivity index (χ4n) is 5.42. The number of carbonyl (C=O) groups is 1. The van der Waals surface area contributed by atoms with Gasteiger partial charge >= 0.3 is 0 Å². The molecule has 1 atom stereocenters. The highest BCUT2D eigenvalue weighted by molar-refractivity contribution is 6.13. The van der Waals surface area contributed by atoms with Gasteiger partial charge in [-0.1, -0.05) is 37.3 Å². The molecule has 3 aromatic carbocycles. The van der Waals surface area contributed by atoms with Gasteiger partial charge in [-0.2, -0.15) is 0 Å². The third kappa shape index (κ3) is 5.95. The number of aliphatic imine (C=N–C) groups is 1. The van der Waals surface area contributed by atoms with E-state index < -0.39 is 17.6 Å². The monoisotopic (exact) mass is 524 g/mol. The summed E-state index contributed by atoms with van der Waals surface area (Å²) in [5.41, 5.74) is 7.84. The number of hydrogen-bond acceptors (Lipinski definition) is 4. The van der Waals surface area contributed by atoms with Crippen molar-refractivity contribution < 1.29 is 18.7 Å². The minimum Gasteiger partial charge on any atom is -0.508 e. The molecule has 0 saturated heterocycles. The van der Waals surface area contributed by atoms with Gasteiger partial charge in [0.15, 0.2) is 0 Å². The molecule has 0 radical (unpaired) electrons. The molecule has 0 fully saturated rings. The van der Waals surface area contributed by atoms with Crippen LogP contribution < -0.4 is 0 Å². The van der Waals surface area contributed by atoms with Crippen molar-refractivity contribution in [3.63, 3.8) is 0 Å². The lowest BCUT2D eigenvalue weighted by atomic mass is 9.85. The summed E-state index contributed by atoms with van der Waals surface area (Å²) >= 11 is 0. The Morgan fingerprint density at radius 1 is 0.949 bits per heavy atom. The highest BCUT2D eigenvalue weighted by Gasteiger charge is 2.25. The first-order valence-electron chi connectivity index (χ1n) is 13.2. The fraction of sp³-hybridized carbons (Fsp3) is 0.242. The van der Waals surface area contributed by atoms with E-state index in [0.717, 1.165) is 40.3 Å². The maximum atomic E-state index is 14.1. The molecule has 1 unspecified atom stereocenters. The fourth-order valence-corrected chi connectivity index (χ4v) is 5.42. The highest BCUT2D eigenvalue weighted by atomic mass is 19.1. The third-order valence-electron chi connectivity index (χ3n) is 7.30. The number of benzene rings is 3. The first kappa shape index (κ1) is 26.4. The number of pyridine rings is 1. The number of halogens is 2. The zero-order valence-corrected chi connectivity index (χ0v) is 22.0. The number of phenols is 1. The van der Waals surface area contributed by atoms with Gasteiger partial charge in [-0.25, -0.2) is 8.78 Å². The molecule has 198 valence electrons. The minimum atomic E-state index is -0.654. The second-order valence-electron chi connectivity index (χ2n) is 10.1. The summed E-state index contributed by atoms with van der Waals surface area (Å²) in [4.78, 5) is 22.7. The second-order valence-corrected chi connectivity index (χ2v) is 10.1. The Morgan fingerprint density at radius 2 is 1.74 bits per heavy atom. The molecule has 0 saturated carbocycles. The van der Waals surface area contributed by atoms with Crippen molar-refractivity contribution in [2.24, 2.45) is 4.99 Å². The zero-order valence-electron chi connectivity index (χ0n) is 22.0. The average molecular weight is 525 g/mol. The molecule has 1 N–H and O–H groups in total. The van der Waals surface area contributed by atoms with Crippen LogP contribution in [0.2, 0.25) is 0 Å². The highest BCUT2D eigenvalue weighted by Crippen LogP contribution is 2.35. The Bertz CT molecular complexity index is 1560. The standard InChI is InChI=1S/C33H30F2N2O2/c1-3-21-6-9-29(20(2)11-21)30-5-4-10-36-33(30)24(12-22-13-25(34)16-26(35)14-22)15-28(39)18-32-31-17-27(38)8-7-23(31)19-37-32/h4-11,13-14,16-17,24,38H,3,12,15,18-19H2,1-2H3. The van der Waals surface area contributed by atoms with E-state index in [0.29, 0.717) is 23.5 Å². The van der Waals surface area contributed by atoms with Crippen LogP contribution in [0.4, 0.5) is 8.78 Å². The number of aromatic nitrogens is 1. The lowest BCUT2D eigenvalue weighted by Gasteiger charge is -2.21. The number of Topliss-reactive ketones (excluding diaryl/α,β-unsaturated/α-hetero) is 1. The van der Waals surface area contributed by atoms with E-state index >= 15 is 0 Å². The van der Waals surface area contributed by atoms with Crippen LogP contribution in [-0.2, 0) is 24.2 Å². The van der Waals surface area contributed by atoms with Gasteiger partial charge < -0.3 is 5.11 Å². The normalized spacial score (nSPS) is 13.2. The molecule has 0 spiro atoms. The van der Waals surface area contributed by atoms with Crippen molar-refractivity contribution in [2.75, 3.05) is 0 Å². The molecule has 0 aliphatic carbocycles. The Balaban J connectivity index is 1.49. The summed E-state index contributed by atoms with van der Waals surface area (Å²) in [6.07, 6.45) is 3.10. The van der Waals surface area contributed by atoms with E-state index in [1.54, 1.807) is 18.3 Å². The Labute approximate surface area is 227 Å². The van der Waals surface area contributed by atoms with Crippen LogP contribution >= 0.6 is 0 Å². The Morgan fingerprint density at radius 3 is 2.49 bits per heavy atom. The van der Waals surface area contributed by atoms with Crippen LogP contribution in [0.15, 0.2) is 77.9 Å². The molecule has 39 heavy (non-hydrogen) atoms. The van der Waals surface area contributed by atoms with E-state index in [9.17, 15) is 18.7 Å². The van der Waals surface area contributed by atoms with Gasteiger partial charge in [-0.3, -0.25) is 14.8 Å². The second kappa shape index (κ2) is 11.3. The maximum Gasteiger partial charge on any atom is 0.139 e. The van der Waals surface area contributed by atoms with Crippen LogP contribution in [-0.4, -0.2) is 21.6 Å². The average Bonchev–Trinajstić information content (AvgIpc) is 3.29. The van der Waals surface area contributed by atoms with E-state index in [1.165, 1.54) is 17.7 Å². The molecule has 2 heterocycles. The SMILES string of the molecule is CCc1ccc(-c2cccnc2C(CC(=O)CC2=NCc3ccc(O)cc32)Cc2cc(F)cc(F)c2)c(C)c1. The van der Waals surface area contributed by atoms with E-state index in [2.05, 4.69) is 37.0 Å². The van der Waals surface area contributed by atoms with Gasteiger partial charge in [0.25, 0.3) is 0 Å². The molecule has 1 aliphatic rings. The molecule has 0 amide bonds. The third-order valence-corrected chi connectivity index (χ3v) is 7.30. The van der Waals surface area contributed by atoms with Gasteiger partial charge in [0.1, 0.15) is 23.2 Å². The number of aryl methyl sites for hydroxylation is 2. The Kier molecular flexibility index (Phi) is 7.64.